The number of benzene rings is 1. The van der Waals surface area contributed by atoms with E-state index in [0.29, 0.717) is 18.5 Å². The van der Waals surface area contributed by atoms with Gasteiger partial charge in [-0.25, -0.2) is 9.59 Å². The number of phenols is 2. The van der Waals surface area contributed by atoms with Gasteiger partial charge in [-0.1, -0.05) is 26.0 Å². The number of hydroxylamine groups is 1. The summed E-state index contributed by atoms with van der Waals surface area (Å²) in [6, 6.07) is 2.47. The molecule has 0 bridgehead atoms. The zero-order chi connectivity index (χ0) is 22.8. The van der Waals surface area contributed by atoms with E-state index in [4.69, 9.17) is 9.57 Å². The maximum absolute atomic E-state index is 12.9. The summed E-state index contributed by atoms with van der Waals surface area (Å²) in [5.41, 5.74) is 3.52. The Kier molecular flexibility index (Phi) is 9.40. The number of carbonyl (C=O) groups is 2. The third-order valence-electron chi connectivity index (χ3n) is 4.89. The molecule has 0 saturated heterocycles. The van der Waals surface area contributed by atoms with Crippen molar-refractivity contribution in [2.24, 2.45) is 5.92 Å². The van der Waals surface area contributed by atoms with Crippen molar-refractivity contribution in [2.45, 2.75) is 52.1 Å². The van der Waals surface area contributed by atoms with E-state index in [1.54, 1.807) is 6.08 Å². The number of fused-ring (bicyclic) bond motifs is 1. The summed E-state index contributed by atoms with van der Waals surface area (Å²) in [6.07, 6.45) is 9.11. The number of nitrogens with one attached hydrogen (secondary N) is 1. The van der Waals surface area contributed by atoms with Crippen LogP contribution in [0.15, 0.2) is 30.0 Å². The molecule has 0 aliphatic carbocycles. The molecule has 3 N–H and O–H groups in total. The lowest BCUT2D eigenvalue weighted by molar-refractivity contribution is -0.148. The summed E-state index contributed by atoms with van der Waals surface area (Å²) in [5, 5.41) is 20.4. The maximum atomic E-state index is 12.9. The number of hydrogen-bond donors (Lipinski definition) is 3. The number of allylic oxidation sites excluding steroid dienone is 2. The largest absolute Gasteiger partial charge is 0.508 e. The zero-order valence-corrected chi connectivity index (χ0v) is 18.2. The molecule has 0 fully saturated rings. The van der Waals surface area contributed by atoms with E-state index >= 15 is 0 Å². The van der Waals surface area contributed by atoms with Crippen LogP contribution in [0, 0.1) is 5.92 Å². The lowest BCUT2D eigenvalue weighted by Gasteiger charge is -2.21. The Hall–Kier alpha value is -3.00. The SMILES string of the molecule is COC(=O)CON/C1=C\c2cc(O)cc(O)c2C(=O)O[C@H](C(C)C)CC=CCCCC1. The van der Waals surface area contributed by atoms with E-state index in [9.17, 15) is 19.8 Å². The zero-order valence-electron chi connectivity index (χ0n) is 18.2. The van der Waals surface area contributed by atoms with Gasteiger partial charge in [0.05, 0.1) is 7.11 Å². The standard InChI is InChI=1S/C23H31NO7/c1-15(2)20-10-8-6-4-5-7-9-17(24-30-14-21(27)29-3)11-16-12-18(25)13-19(26)22(16)23(28)31-20/h6,8,11-13,15,20,24-26H,4-5,7,9-10,14H2,1-3H3/b8-6?,17-11-/t20-/m0/s1. The molecule has 0 radical (unpaired) electrons. The minimum absolute atomic E-state index is 0.0447. The second-order valence-electron chi connectivity index (χ2n) is 7.71. The highest BCUT2D eigenvalue weighted by Gasteiger charge is 2.24. The minimum atomic E-state index is -0.678. The van der Waals surface area contributed by atoms with Crippen LogP contribution in [0.4, 0.5) is 0 Å². The van der Waals surface area contributed by atoms with Crippen molar-refractivity contribution in [3.05, 3.63) is 41.1 Å². The Balaban J connectivity index is 2.41. The first kappa shape index (κ1) is 24.3. The number of ether oxygens (including phenoxy) is 2. The Labute approximate surface area is 182 Å². The van der Waals surface area contributed by atoms with Crippen molar-refractivity contribution in [1.29, 1.82) is 0 Å². The van der Waals surface area contributed by atoms with Crippen molar-refractivity contribution in [2.75, 3.05) is 13.7 Å². The molecule has 31 heavy (non-hydrogen) atoms. The predicted molar refractivity (Wildman–Crippen MR) is 115 cm³/mol. The van der Waals surface area contributed by atoms with Crippen molar-refractivity contribution >= 4 is 18.0 Å². The third-order valence-corrected chi connectivity index (χ3v) is 4.89. The second-order valence-corrected chi connectivity index (χ2v) is 7.71. The molecule has 1 aromatic rings. The molecule has 1 aromatic carbocycles. The third kappa shape index (κ3) is 7.64. The number of methoxy groups -OCH3 is 1. The molecule has 2 rings (SSSR count). The number of aromatic hydroxyl groups is 2. The van der Waals surface area contributed by atoms with Gasteiger partial charge in [0.25, 0.3) is 0 Å². The maximum Gasteiger partial charge on any atom is 0.342 e. The lowest BCUT2D eigenvalue weighted by atomic mass is 10.0. The van der Waals surface area contributed by atoms with Crippen LogP contribution >= 0.6 is 0 Å². The second kappa shape index (κ2) is 12.0. The number of carbonyl (C=O) groups excluding carboxylic acids is 2. The quantitative estimate of drug-likeness (QED) is 0.365. The van der Waals surface area contributed by atoms with Crippen molar-refractivity contribution in [3.63, 3.8) is 0 Å². The summed E-state index contributed by atoms with van der Waals surface area (Å²) in [5.74, 6) is -1.71. The summed E-state index contributed by atoms with van der Waals surface area (Å²) in [6.45, 7) is 3.63. The summed E-state index contributed by atoms with van der Waals surface area (Å²) < 4.78 is 10.2. The van der Waals surface area contributed by atoms with Gasteiger partial charge in [0.2, 0.25) is 0 Å². The molecular formula is C23H31NO7. The number of rotatable bonds is 5. The van der Waals surface area contributed by atoms with Gasteiger partial charge in [-0.05, 0) is 49.3 Å². The highest BCUT2D eigenvalue weighted by molar-refractivity contribution is 5.97. The van der Waals surface area contributed by atoms with Gasteiger partial charge in [-0.3, -0.25) is 10.3 Å². The molecule has 0 aromatic heterocycles. The fourth-order valence-electron chi connectivity index (χ4n) is 3.14. The van der Waals surface area contributed by atoms with Crippen LogP contribution in [0.5, 0.6) is 11.5 Å². The molecule has 8 heteroatoms. The van der Waals surface area contributed by atoms with Crippen LogP contribution < -0.4 is 5.48 Å². The Morgan fingerprint density at radius 2 is 2.03 bits per heavy atom. The molecule has 170 valence electrons. The molecule has 1 aliphatic heterocycles. The molecule has 1 heterocycles. The summed E-state index contributed by atoms with van der Waals surface area (Å²) >= 11 is 0. The highest BCUT2D eigenvalue weighted by atomic mass is 16.7. The molecule has 0 saturated carbocycles. The molecule has 1 atom stereocenters. The van der Waals surface area contributed by atoms with Crippen molar-refractivity contribution < 1.29 is 34.1 Å². The molecular weight excluding hydrogens is 402 g/mol. The monoisotopic (exact) mass is 433 g/mol. The number of phenolic OH excluding ortho intramolecular Hbond substituents is 2. The first-order valence-corrected chi connectivity index (χ1v) is 10.4. The van der Waals surface area contributed by atoms with E-state index < -0.39 is 11.9 Å². The van der Waals surface area contributed by atoms with E-state index in [-0.39, 0.29) is 41.3 Å². The highest BCUT2D eigenvalue weighted by Crippen LogP contribution is 2.31. The average Bonchev–Trinajstić information content (AvgIpc) is 2.70. The van der Waals surface area contributed by atoms with E-state index in [2.05, 4.69) is 16.3 Å². The first-order valence-electron chi connectivity index (χ1n) is 10.4. The average molecular weight is 434 g/mol. The van der Waals surface area contributed by atoms with Crippen LogP contribution in [0.3, 0.4) is 0 Å². The molecule has 0 amide bonds. The van der Waals surface area contributed by atoms with E-state index in [1.807, 2.05) is 19.9 Å². The van der Waals surface area contributed by atoms with Crippen LogP contribution in [0.2, 0.25) is 0 Å². The van der Waals surface area contributed by atoms with Crippen LogP contribution in [0.1, 0.15) is 61.9 Å². The van der Waals surface area contributed by atoms with Crippen molar-refractivity contribution in [3.8, 4) is 11.5 Å². The normalized spacial score (nSPS) is 19.5. The topological polar surface area (TPSA) is 114 Å². The van der Waals surface area contributed by atoms with Crippen molar-refractivity contribution in [1.82, 2.24) is 5.48 Å². The Morgan fingerprint density at radius 3 is 2.74 bits per heavy atom. The molecule has 8 nitrogen and oxygen atoms in total. The van der Waals surface area contributed by atoms with Gasteiger partial charge in [-0.15, -0.1) is 0 Å². The predicted octanol–water partition coefficient (Wildman–Crippen LogP) is 3.83. The van der Waals surface area contributed by atoms with Gasteiger partial charge in [0.1, 0.15) is 23.2 Å². The summed E-state index contributed by atoms with van der Waals surface area (Å²) in [4.78, 5) is 29.4. The van der Waals surface area contributed by atoms with Gasteiger partial charge in [0.15, 0.2) is 6.61 Å². The number of hydrogen-bond acceptors (Lipinski definition) is 8. The van der Waals surface area contributed by atoms with Crippen LogP contribution in [0.25, 0.3) is 6.08 Å². The smallest absolute Gasteiger partial charge is 0.342 e. The minimum Gasteiger partial charge on any atom is -0.508 e. The lowest BCUT2D eigenvalue weighted by Crippen LogP contribution is -2.24. The number of cyclic esters (lactones) is 1. The van der Waals surface area contributed by atoms with E-state index in [0.717, 1.165) is 25.3 Å². The first-order chi connectivity index (χ1) is 14.8. The molecule has 1 aliphatic rings. The Morgan fingerprint density at radius 1 is 1.26 bits per heavy atom. The fourth-order valence-corrected chi connectivity index (χ4v) is 3.14. The molecule has 0 unspecified atom stereocenters. The van der Waals surface area contributed by atoms with Crippen LogP contribution in [-0.4, -0.2) is 42.0 Å². The Bertz CT molecular complexity index is 829. The summed E-state index contributed by atoms with van der Waals surface area (Å²) in [7, 11) is 1.26. The van der Waals surface area contributed by atoms with Gasteiger partial charge < -0.3 is 19.7 Å². The van der Waals surface area contributed by atoms with E-state index in [1.165, 1.54) is 13.2 Å². The number of esters is 2. The van der Waals surface area contributed by atoms with Gasteiger partial charge >= 0.3 is 11.9 Å². The fraction of sp³-hybridized carbons (Fsp3) is 0.478. The molecule has 0 spiro atoms. The van der Waals surface area contributed by atoms with Crippen LogP contribution in [-0.2, 0) is 19.1 Å². The van der Waals surface area contributed by atoms with Gasteiger partial charge in [0, 0.05) is 18.2 Å². The van der Waals surface area contributed by atoms with Gasteiger partial charge in [-0.2, -0.15) is 0 Å².